The van der Waals surface area contributed by atoms with Crippen LogP contribution >= 0.6 is 0 Å². The van der Waals surface area contributed by atoms with Crippen molar-refractivity contribution in [2.24, 2.45) is 0 Å². The molecular weight excluding hydrogens is 965 g/mol. The van der Waals surface area contributed by atoms with Crippen LogP contribution in [0.3, 0.4) is 0 Å². The van der Waals surface area contributed by atoms with E-state index in [1.165, 1.54) is 133 Å². The molecule has 4 aliphatic rings. The third-order valence-corrected chi connectivity index (χ3v) is 18.6. The maximum absolute atomic E-state index is 2.55. The highest BCUT2D eigenvalue weighted by molar-refractivity contribution is 6.13. The summed E-state index contributed by atoms with van der Waals surface area (Å²) >= 11 is 0. The average molecular weight is 1010 g/mol. The molecule has 13 aromatic carbocycles. The third kappa shape index (κ3) is 5.52. The van der Waals surface area contributed by atoms with E-state index >= 15 is 0 Å². The summed E-state index contributed by atoms with van der Waals surface area (Å²) < 4.78 is 2.53. The van der Waals surface area contributed by atoms with Gasteiger partial charge in [0, 0.05) is 27.7 Å². The molecule has 1 aromatic heterocycles. The van der Waals surface area contributed by atoms with Gasteiger partial charge in [0.1, 0.15) is 0 Å². The van der Waals surface area contributed by atoms with Gasteiger partial charge in [-0.15, -0.1) is 0 Å². The van der Waals surface area contributed by atoms with Gasteiger partial charge in [0.05, 0.1) is 33.2 Å². The van der Waals surface area contributed by atoms with Gasteiger partial charge in [-0.25, -0.2) is 0 Å². The molecule has 2 heteroatoms. The fraction of sp³-hybridized carbons (Fsp3) is 0.0256. The van der Waals surface area contributed by atoms with E-state index in [1.807, 2.05) is 0 Å². The molecule has 0 saturated carbocycles. The molecule has 370 valence electrons. The van der Waals surface area contributed by atoms with Gasteiger partial charge in [-0.3, -0.25) is 0 Å². The highest BCUT2D eigenvalue weighted by atomic mass is 15.1. The van der Waals surface area contributed by atoms with Crippen molar-refractivity contribution in [3.05, 3.63) is 336 Å². The zero-order chi connectivity index (χ0) is 52.3. The number of benzene rings is 13. The Labute approximate surface area is 464 Å². The molecule has 18 rings (SSSR count). The Morgan fingerprint density at radius 3 is 1.41 bits per heavy atom. The lowest BCUT2D eigenvalue weighted by molar-refractivity contribution is 0.749. The lowest BCUT2D eigenvalue weighted by Crippen LogP contribution is -2.33. The highest BCUT2D eigenvalue weighted by Gasteiger charge is 2.53. The molecule has 1 atom stereocenters. The second-order valence-electron chi connectivity index (χ2n) is 22.2. The van der Waals surface area contributed by atoms with Crippen LogP contribution in [0.2, 0.25) is 0 Å². The van der Waals surface area contributed by atoms with Gasteiger partial charge in [0.2, 0.25) is 0 Å². The van der Waals surface area contributed by atoms with Crippen LogP contribution in [0.15, 0.2) is 291 Å². The van der Waals surface area contributed by atoms with Crippen molar-refractivity contribution in [2.75, 3.05) is 4.90 Å². The van der Waals surface area contributed by atoms with Crippen molar-refractivity contribution < 1.29 is 0 Å². The Kier molecular flexibility index (Phi) is 8.83. The zero-order valence-corrected chi connectivity index (χ0v) is 43.6. The summed E-state index contributed by atoms with van der Waals surface area (Å²) in [6, 6.07) is 110. The summed E-state index contributed by atoms with van der Waals surface area (Å²) in [6.45, 7) is 0. The standard InChI is InChI=1S/C78H48N2/c1-2-21-54-49(19-1)20-17-28-55(54)50-39-42-52(43-40-50)79(53-44-46-62-60-26-5-11-32-67(60)77(72(62)48-53)65-30-9-3-23-57(65)58-24-4-10-31-66(58)77)73-36-14-7-22-56(73)51-41-45-61-59-25-6-12-33-68(59)78(71(61)47-51)69-34-13-16-38-75(69)80-74-37-15-8-27-63(74)64-29-18-35-70(78)76(64)80/h1-48H. The van der Waals surface area contributed by atoms with E-state index in [9.17, 15) is 0 Å². The molecule has 0 fully saturated rings. The van der Waals surface area contributed by atoms with Crippen molar-refractivity contribution in [3.8, 4) is 61.3 Å². The SMILES string of the molecule is c1ccc(N(c2ccc(-c3cccc4ccccc34)cc2)c2ccc3c(c2)C2(c4ccccc4-c4ccccc42)c2ccccc2-3)c(-c2ccc3c(c2)C2(c4ccccc4-3)c3ccccc3-n3c4ccccc4c4cccc2c43)c1. The van der Waals surface area contributed by atoms with Gasteiger partial charge < -0.3 is 9.47 Å². The highest BCUT2D eigenvalue weighted by Crippen LogP contribution is 2.65. The van der Waals surface area contributed by atoms with Gasteiger partial charge in [0.15, 0.2) is 0 Å². The van der Waals surface area contributed by atoms with E-state index < -0.39 is 10.8 Å². The number of para-hydroxylation sites is 4. The fourth-order valence-electron chi connectivity index (χ4n) is 15.6. The molecule has 1 unspecified atom stereocenters. The number of nitrogens with zero attached hydrogens (tertiary/aromatic N) is 2. The largest absolute Gasteiger partial charge is 0.310 e. The maximum atomic E-state index is 2.55. The monoisotopic (exact) mass is 1010 g/mol. The second kappa shape index (κ2) is 16.1. The predicted octanol–water partition coefficient (Wildman–Crippen LogP) is 19.8. The maximum Gasteiger partial charge on any atom is 0.0754 e. The Balaban J connectivity index is 0.881. The smallest absolute Gasteiger partial charge is 0.0754 e. The quantitative estimate of drug-likeness (QED) is 0.167. The van der Waals surface area contributed by atoms with Crippen LogP contribution < -0.4 is 4.90 Å². The molecule has 1 aliphatic heterocycles. The molecule has 0 amide bonds. The summed E-state index contributed by atoms with van der Waals surface area (Å²) in [7, 11) is 0. The minimum atomic E-state index is -0.578. The summed E-state index contributed by atoms with van der Waals surface area (Å²) in [6.07, 6.45) is 0. The first-order valence-electron chi connectivity index (χ1n) is 28.0. The topological polar surface area (TPSA) is 8.17 Å². The van der Waals surface area contributed by atoms with Crippen LogP contribution in [0.25, 0.3) is 93.9 Å². The van der Waals surface area contributed by atoms with Crippen LogP contribution in [0.5, 0.6) is 0 Å². The van der Waals surface area contributed by atoms with Crippen molar-refractivity contribution in [2.45, 2.75) is 10.8 Å². The number of anilines is 3. The first-order chi connectivity index (χ1) is 39.7. The molecule has 2 nitrogen and oxygen atoms in total. The lowest BCUT2D eigenvalue weighted by atomic mass is 9.65. The Hall–Kier alpha value is -10.3. The summed E-state index contributed by atoms with van der Waals surface area (Å²) in [4.78, 5) is 2.53. The number of hydrogen-bond acceptors (Lipinski definition) is 1. The van der Waals surface area contributed by atoms with Crippen LogP contribution in [0, 0.1) is 0 Å². The van der Waals surface area contributed by atoms with Crippen molar-refractivity contribution >= 4 is 49.6 Å². The zero-order valence-electron chi connectivity index (χ0n) is 43.6. The molecule has 2 spiro atoms. The Bertz CT molecular complexity index is 4910. The molecule has 0 saturated heterocycles. The van der Waals surface area contributed by atoms with Crippen LogP contribution in [0.1, 0.15) is 44.5 Å². The van der Waals surface area contributed by atoms with E-state index in [0.717, 1.165) is 22.6 Å². The number of aromatic nitrogens is 1. The van der Waals surface area contributed by atoms with Crippen molar-refractivity contribution in [1.82, 2.24) is 4.57 Å². The second-order valence-corrected chi connectivity index (χ2v) is 22.2. The Morgan fingerprint density at radius 2 is 0.713 bits per heavy atom. The van der Waals surface area contributed by atoms with Crippen molar-refractivity contribution in [3.63, 3.8) is 0 Å². The number of hydrogen-bond donors (Lipinski definition) is 0. The van der Waals surface area contributed by atoms with E-state index in [0.29, 0.717) is 0 Å². The van der Waals surface area contributed by atoms with E-state index in [1.54, 1.807) is 0 Å². The predicted molar refractivity (Wildman–Crippen MR) is 331 cm³/mol. The molecule has 0 bridgehead atoms. The summed E-state index contributed by atoms with van der Waals surface area (Å²) in [5.41, 5.74) is 29.0. The summed E-state index contributed by atoms with van der Waals surface area (Å²) in [5.74, 6) is 0. The van der Waals surface area contributed by atoms with Crippen LogP contribution in [0.4, 0.5) is 17.1 Å². The molecule has 2 heterocycles. The molecule has 0 N–H and O–H groups in total. The first-order valence-corrected chi connectivity index (χ1v) is 28.0. The molecule has 0 radical (unpaired) electrons. The van der Waals surface area contributed by atoms with E-state index in [-0.39, 0.29) is 0 Å². The van der Waals surface area contributed by atoms with Gasteiger partial charge in [0.25, 0.3) is 0 Å². The third-order valence-electron chi connectivity index (χ3n) is 18.6. The van der Waals surface area contributed by atoms with Gasteiger partial charge in [-0.2, -0.15) is 0 Å². The van der Waals surface area contributed by atoms with E-state index in [2.05, 4.69) is 301 Å². The van der Waals surface area contributed by atoms with E-state index in [4.69, 9.17) is 0 Å². The normalized spacial score (nSPS) is 15.2. The molecule has 3 aliphatic carbocycles. The average Bonchev–Trinajstić information content (AvgIpc) is 3.83. The minimum Gasteiger partial charge on any atom is -0.310 e. The minimum absolute atomic E-state index is 0.493. The van der Waals surface area contributed by atoms with Gasteiger partial charge >= 0.3 is 0 Å². The molecular formula is C78H48N2. The summed E-state index contributed by atoms with van der Waals surface area (Å²) in [5, 5.41) is 5.05. The van der Waals surface area contributed by atoms with Gasteiger partial charge in [-0.1, -0.05) is 243 Å². The van der Waals surface area contributed by atoms with Gasteiger partial charge in [-0.05, 0) is 154 Å². The van der Waals surface area contributed by atoms with Crippen LogP contribution in [-0.4, -0.2) is 4.57 Å². The number of fused-ring (bicyclic) bond motifs is 23. The molecule has 14 aromatic rings. The Morgan fingerprint density at radius 1 is 0.263 bits per heavy atom. The van der Waals surface area contributed by atoms with Crippen LogP contribution in [-0.2, 0) is 10.8 Å². The fourth-order valence-corrected chi connectivity index (χ4v) is 15.6. The van der Waals surface area contributed by atoms with Crippen molar-refractivity contribution in [1.29, 1.82) is 0 Å². The molecule has 80 heavy (non-hydrogen) atoms. The number of rotatable bonds is 5. The first kappa shape index (κ1) is 43.8. The lowest BCUT2D eigenvalue weighted by Gasteiger charge is -2.39.